The Morgan fingerprint density at radius 3 is 2.88 bits per heavy atom. The monoisotopic (exact) mass is 339 g/mol. The van der Waals surface area contributed by atoms with E-state index in [4.69, 9.17) is 4.74 Å². The predicted octanol–water partition coefficient (Wildman–Crippen LogP) is 3.46. The number of aromatic nitrogens is 1. The number of aryl methyl sites for hydroxylation is 1. The fourth-order valence-corrected chi connectivity index (χ4v) is 3.12. The molecular formula is C20H25N3O2. The van der Waals surface area contributed by atoms with Crippen molar-refractivity contribution in [2.24, 2.45) is 0 Å². The highest BCUT2D eigenvalue weighted by atomic mass is 16.5. The van der Waals surface area contributed by atoms with Gasteiger partial charge in [0, 0.05) is 37.3 Å². The van der Waals surface area contributed by atoms with Crippen molar-refractivity contribution in [3.63, 3.8) is 0 Å². The van der Waals surface area contributed by atoms with Crippen LogP contribution in [0.3, 0.4) is 0 Å². The number of nitrogens with zero attached hydrogens (tertiary/aromatic N) is 2. The van der Waals surface area contributed by atoms with E-state index in [2.05, 4.69) is 47.2 Å². The number of rotatable bonds is 6. The van der Waals surface area contributed by atoms with E-state index in [1.54, 1.807) is 6.20 Å². The Hall–Kier alpha value is -2.40. The number of hydrogen-bond acceptors (Lipinski definition) is 4. The molecule has 1 fully saturated rings. The van der Waals surface area contributed by atoms with Gasteiger partial charge in [-0.2, -0.15) is 0 Å². The summed E-state index contributed by atoms with van der Waals surface area (Å²) < 4.78 is 5.54. The second-order valence-corrected chi connectivity index (χ2v) is 6.33. The van der Waals surface area contributed by atoms with Gasteiger partial charge in [-0.1, -0.05) is 12.1 Å². The molecule has 1 aliphatic heterocycles. The Bertz CT molecular complexity index is 726. The molecule has 1 atom stereocenters. The minimum absolute atomic E-state index is 0.131. The zero-order valence-corrected chi connectivity index (χ0v) is 14.9. The largest absolute Gasteiger partial charge is 0.376 e. The number of carbonyl (C=O) groups excluding carboxylic acids is 1. The smallest absolute Gasteiger partial charge is 0.270 e. The van der Waals surface area contributed by atoms with Crippen LogP contribution in [-0.2, 0) is 4.74 Å². The number of nitrogens with one attached hydrogen (secondary N) is 1. The molecule has 0 radical (unpaired) electrons. The average Bonchev–Trinajstić information content (AvgIpc) is 3.14. The van der Waals surface area contributed by atoms with Gasteiger partial charge in [0.1, 0.15) is 5.69 Å². The summed E-state index contributed by atoms with van der Waals surface area (Å²) in [4.78, 5) is 18.8. The summed E-state index contributed by atoms with van der Waals surface area (Å²) >= 11 is 0. The predicted molar refractivity (Wildman–Crippen MR) is 99.4 cm³/mol. The molecule has 25 heavy (non-hydrogen) atoms. The SMILES string of the molecule is CCN(c1cccc(C)c1)c1ccnc(C(=O)NCC2CCCO2)c1. The molecule has 0 saturated carbocycles. The van der Waals surface area contributed by atoms with Gasteiger partial charge in [0.2, 0.25) is 0 Å². The van der Waals surface area contributed by atoms with Crippen molar-refractivity contribution in [2.75, 3.05) is 24.6 Å². The van der Waals surface area contributed by atoms with Crippen molar-refractivity contribution in [1.82, 2.24) is 10.3 Å². The van der Waals surface area contributed by atoms with E-state index in [-0.39, 0.29) is 12.0 Å². The highest BCUT2D eigenvalue weighted by Gasteiger charge is 2.18. The third-order valence-electron chi connectivity index (χ3n) is 4.43. The normalized spacial score (nSPS) is 16.6. The van der Waals surface area contributed by atoms with Gasteiger partial charge in [-0.05, 0) is 56.5 Å². The third kappa shape index (κ3) is 4.37. The molecule has 2 heterocycles. The molecule has 0 spiro atoms. The lowest BCUT2D eigenvalue weighted by Gasteiger charge is -2.24. The van der Waals surface area contributed by atoms with Gasteiger partial charge in [-0.15, -0.1) is 0 Å². The molecule has 5 nitrogen and oxygen atoms in total. The summed E-state index contributed by atoms with van der Waals surface area (Å²) in [6, 6.07) is 12.1. The second-order valence-electron chi connectivity index (χ2n) is 6.33. The van der Waals surface area contributed by atoms with E-state index in [0.29, 0.717) is 12.2 Å². The number of anilines is 2. The maximum Gasteiger partial charge on any atom is 0.270 e. The molecular weight excluding hydrogens is 314 g/mol. The highest BCUT2D eigenvalue weighted by molar-refractivity contribution is 5.93. The summed E-state index contributed by atoms with van der Waals surface area (Å²) in [5.41, 5.74) is 3.71. The highest BCUT2D eigenvalue weighted by Crippen LogP contribution is 2.26. The zero-order valence-electron chi connectivity index (χ0n) is 14.9. The van der Waals surface area contributed by atoms with Crippen molar-refractivity contribution in [1.29, 1.82) is 0 Å². The Labute approximate surface area is 149 Å². The first kappa shape index (κ1) is 17.4. The molecule has 2 aromatic rings. The van der Waals surface area contributed by atoms with Crippen LogP contribution in [-0.4, -0.2) is 36.7 Å². The minimum atomic E-state index is -0.155. The van der Waals surface area contributed by atoms with Gasteiger partial charge < -0.3 is 15.0 Å². The van der Waals surface area contributed by atoms with E-state index in [9.17, 15) is 4.79 Å². The second kappa shape index (κ2) is 8.12. The van der Waals surface area contributed by atoms with Crippen molar-refractivity contribution in [3.05, 3.63) is 53.9 Å². The Kier molecular flexibility index (Phi) is 5.66. The number of amides is 1. The van der Waals surface area contributed by atoms with Gasteiger partial charge in [0.05, 0.1) is 6.10 Å². The molecule has 132 valence electrons. The Morgan fingerprint density at radius 2 is 2.16 bits per heavy atom. The van der Waals surface area contributed by atoms with Gasteiger partial charge in [-0.3, -0.25) is 9.78 Å². The number of hydrogen-bond donors (Lipinski definition) is 1. The number of benzene rings is 1. The maximum atomic E-state index is 12.4. The molecule has 1 aromatic heterocycles. The van der Waals surface area contributed by atoms with Crippen LogP contribution < -0.4 is 10.2 Å². The van der Waals surface area contributed by atoms with Gasteiger partial charge in [0.15, 0.2) is 0 Å². The summed E-state index contributed by atoms with van der Waals surface area (Å²) in [5.74, 6) is -0.155. The fourth-order valence-electron chi connectivity index (χ4n) is 3.12. The van der Waals surface area contributed by atoms with E-state index < -0.39 is 0 Å². The molecule has 1 aromatic carbocycles. The van der Waals surface area contributed by atoms with Crippen molar-refractivity contribution >= 4 is 17.3 Å². The van der Waals surface area contributed by atoms with Crippen LogP contribution >= 0.6 is 0 Å². The quantitative estimate of drug-likeness (QED) is 0.876. The number of carbonyl (C=O) groups is 1. The van der Waals surface area contributed by atoms with Crippen LogP contribution in [0.1, 0.15) is 35.8 Å². The first-order chi connectivity index (χ1) is 12.2. The van der Waals surface area contributed by atoms with Crippen LogP contribution in [0.4, 0.5) is 11.4 Å². The molecule has 5 heteroatoms. The Balaban J connectivity index is 1.74. The van der Waals surface area contributed by atoms with Crippen LogP contribution in [0.5, 0.6) is 0 Å². The molecule has 1 N–H and O–H groups in total. The molecule has 1 aliphatic rings. The fraction of sp³-hybridized carbons (Fsp3) is 0.400. The van der Waals surface area contributed by atoms with Crippen molar-refractivity contribution in [3.8, 4) is 0 Å². The number of ether oxygens (including phenoxy) is 1. The summed E-state index contributed by atoms with van der Waals surface area (Å²) in [7, 11) is 0. The van der Waals surface area contributed by atoms with Crippen molar-refractivity contribution in [2.45, 2.75) is 32.8 Å². The lowest BCUT2D eigenvalue weighted by Crippen LogP contribution is -2.32. The lowest BCUT2D eigenvalue weighted by molar-refractivity contribution is 0.0854. The van der Waals surface area contributed by atoms with Gasteiger partial charge in [-0.25, -0.2) is 0 Å². The first-order valence-corrected chi connectivity index (χ1v) is 8.87. The van der Waals surface area contributed by atoms with E-state index in [1.807, 2.05) is 18.2 Å². The van der Waals surface area contributed by atoms with Crippen LogP contribution in [0.25, 0.3) is 0 Å². The zero-order chi connectivity index (χ0) is 17.6. The standard InChI is InChI=1S/C20H25N3O2/c1-3-23(16-7-4-6-15(2)12-16)17-9-10-21-19(13-17)20(24)22-14-18-8-5-11-25-18/h4,6-7,9-10,12-13,18H,3,5,8,11,14H2,1-2H3,(H,22,24). The van der Waals surface area contributed by atoms with Crippen molar-refractivity contribution < 1.29 is 9.53 Å². The molecule has 3 rings (SSSR count). The third-order valence-corrected chi connectivity index (χ3v) is 4.43. The molecule has 1 saturated heterocycles. The summed E-state index contributed by atoms with van der Waals surface area (Å²) in [6.07, 6.45) is 3.89. The average molecular weight is 339 g/mol. The van der Waals surface area contributed by atoms with E-state index in [1.165, 1.54) is 5.56 Å². The van der Waals surface area contributed by atoms with E-state index in [0.717, 1.165) is 37.4 Å². The lowest BCUT2D eigenvalue weighted by atomic mass is 10.2. The molecule has 1 unspecified atom stereocenters. The van der Waals surface area contributed by atoms with E-state index >= 15 is 0 Å². The minimum Gasteiger partial charge on any atom is -0.376 e. The van der Waals surface area contributed by atoms with Gasteiger partial charge >= 0.3 is 0 Å². The molecule has 0 bridgehead atoms. The van der Waals surface area contributed by atoms with Crippen LogP contribution in [0.2, 0.25) is 0 Å². The molecule has 1 amide bonds. The van der Waals surface area contributed by atoms with Crippen LogP contribution in [0, 0.1) is 6.92 Å². The summed E-state index contributed by atoms with van der Waals surface area (Å²) in [6.45, 7) is 6.31. The topological polar surface area (TPSA) is 54.5 Å². The number of pyridine rings is 1. The Morgan fingerprint density at radius 1 is 1.32 bits per heavy atom. The molecule has 0 aliphatic carbocycles. The first-order valence-electron chi connectivity index (χ1n) is 8.87. The van der Waals surface area contributed by atoms with Crippen LogP contribution in [0.15, 0.2) is 42.6 Å². The summed E-state index contributed by atoms with van der Waals surface area (Å²) in [5, 5.41) is 2.93. The van der Waals surface area contributed by atoms with Gasteiger partial charge in [0.25, 0.3) is 5.91 Å². The maximum absolute atomic E-state index is 12.4.